The molecule has 3 rings (SSSR count). The lowest BCUT2D eigenvalue weighted by molar-refractivity contribution is -0.180. The average Bonchev–Trinajstić information content (AvgIpc) is 3.20. The van der Waals surface area contributed by atoms with E-state index in [0.717, 1.165) is 17.1 Å². The van der Waals surface area contributed by atoms with E-state index in [2.05, 4.69) is 10.6 Å². The second kappa shape index (κ2) is 13.9. The van der Waals surface area contributed by atoms with Crippen molar-refractivity contribution in [3.8, 4) is 5.75 Å². The monoisotopic (exact) mass is 543 g/mol. The van der Waals surface area contributed by atoms with Crippen LogP contribution in [0.3, 0.4) is 0 Å². The van der Waals surface area contributed by atoms with E-state index in [0.29, 0.717) is 24.8 Å². The lowest BCUT2D eigenvalue weighted by Gasteiger charge is -2.28. The largest absolute Gasteiger partial charge is 0.479 e. The van der Waals surface area contributed by atoms with E-state index in [1.807, 2.05) is 0 Å². The highest BCUT2D eigenvalue weighted by atomic mass is 16.7. The first-order valence-electron chi connectivity index (χ1n) is 12.2. The Morgan fingerprint density at radius 3 is 2.56 bits per heavy atom. The number of hydrogen-bond donors (Lipinski definition) is 3. The molecule has 13 nitrogen and oxygen atoms in total. The summed E-state index contributed by atoms with van der Waals surface area (Å²) < 4.78 is 16.2. The van der Waals surface area contributed by atoms with Crippen LogP contribution in [0.4, 0.5) is 5.69 Å². The SMILES string of the molecule is CC(=O)OC/C=C/c1ccc(OC2CCCC(C(=O)O)O2)c(NC(=O)CCNC(=O)CN2C(=O)C=CC2=O)c1. The zero-order valence-electron chi connectivity index (χ0n) is 21.2. The molecule has 2 heterocycles. The third-order valence-electron chi connectivity index (χ3n) is 5.60. The number of anilines is 1. The lowest BCUT2D eigenvalue weighted by atomic mass is 10.1. The highest BCUT2D eigenvalue weighted by molar-refractivity contribution is 6.14. The zero-order chi connectivity index (χ0) is 28.4. The molecule has 39 heavy (non-hydrogen) atoms. The van der Waals surface area contributed by atoms with Crippen molar-refractivity contribution in [3.05, 3.63) is 42.0 Å². The van der Waals surface area contributed by atoms with Crippen molar-refractivity contribution in [2.75, 3.05) is 25.0 Å². The molecule has 0 aromatic heterocycles. The molecule has 2 aliphatic rings. The molecule has 0 saturated carbocycles. The molecule has 1 aromatic carbocycles. The summed E-state index contributed by atoms with van der Waals surface area (Å²) in [6, 6.07) is 4.91. The maximum atomic E-state index is 12.6. The molecular weight excluding hydrogens is 514 g/mol. The smallest absolute Gasteiger partial charge is 0.332 e. The number of rotatable bonds is 12. The van der Waals surface area contributed by atoms with Gasteiger partial charge in [-0.15, -0.1) is 0 Å². The van der Waals surface area contributed by atoms with Crippen LogP contribution in [0.2, 0.25) is 0 Å². The van der Waals surface area contributed by atoms with Gasteiger partial charge in [-0.3, -0.25) is 28.9 Å². The van der Waals surface area contributed by atoms with Crippen LogP contribution in [0.5, 0.6) is 5.75 Å². The van der Waals surface area contributed by atoms with Gasteiger partial charge in [-0.1, -0.05) is 12.1 Å². The molecule has 2 atom stereocenters. The Kier molecular flexibility index (Phi) is 10.3. The molecule has 2 unspecified atom stereocenters. The molecule has 208 valence electrons. The first-order chi connectivity index (χ1) is 18.6. The Hall–Kier alpha value is -4.52. The molecule has 1 saturated heterocycles. The minimum Gasteiger partial charge on any atom is -0.479 e. The van der Waals surface area contributed by atoms with Crippen LogP contribution in [0.1, 0.15) is 38.2 Å². The minimum absolute atomic E-state index is 0.0570. The van der Waals surface area contributed by atoms with Crippen LogP contribution < -0.4 is 15.4 Å². The molecule has 1 aromatic rings. The van der Waals surface area contributed by atoms with E-state index in [9.17, 15) is 33.9 Å². The first-order valence-corrected chi connectivity index (χ1v) is 12.2. The average molecular weight is 544 g/mol. The van der Waals surface area contributed by atoms with Crippen LogP contribution in [0.25, 0.3) is 6.08 Å². The van der Waals surface area contributed by atoms with E-state index in [-0.39, 0.29) is 31.0 Å². The van der Waals surface area contributed by atoms with Crippen LogP contribution >= 0.6 is 0 Å². The molecule has 0 bridgehead atoms. The van der Waals surface area contributed by atoms with Gasteiger partial charge in [0.05, 0.1) is 5.69 Å². The third-order valence-corrected chi connectivity index (χ3v) is 5.60. The normalized spacial score (nSPS) is 18.7. The molecule has 0 spiro atoms. The van der Waals surface area contributed by atoms with Gasteiger partial charge in [-0.2, -0.15) is 0 Å². The van der Waals surface area contributed by atoms with Crippen molar-refractivity contribution in [3.63, 3.8) is 0 Å². The fourth-order valence-electron chi connectivity index (χ4n) is 3.72. The number of nitrogens with zero attached hydrogens (tertiary/aromatic N) is 1. The van der Waals surface area contributed by atoms with Crippen LogP contribution in [0.15, 0.2) is 36.4 Å². The predicted octanol–water partition coefficient (Wildman–Crippen LogP) is 0.991. The van der Waals surface area contributed by atoms with E-state index in [1.165, 1.54) is 6.92 Å². The summed E-state index contributed by atoms with van der Waals surface area (Å²) in [7, 11) is 0. The van der Waals surface area contributed by atoms with Gasteiger partial charge in [-0.25, -0.2) is 4.79 Å². The highest BCUT2D eigenvalue weighted by Gasteiger charge is 2.29. The summed E-state index contributed by atoms with van der Waals surface area (Å²) in [5.74, 6) is -3.49. The molecular formula is C26H29N3O10. The summed E-state index contributed by atoms with van der Waals surface area (Å²) in [4.78, 5) is 70.9. The second-order valence-electron chi connectivity index (χ2n) is 8.65. The molecule has 0 radical (unpaired) electrons. The van der Waals surface area contributed by atoms with Gasteiger partial charge in [0, 0.05) is 38.5 Å². The first kappa shape index (κ1) is 29.0. The second-order valence-corrected chi connectivity index (χ2v) is 8.65. The molecule has 1 fully saturated rings. The number of ether oxygens (including phenoxy) is 3. The summed E-state index contributed by atoms with van der Waals surface area (Å²) in [6.45, 7) is 0.844. The molecule has 2 aliphatic heterocycles. The number of carbonyl (C=O) groups is 6. The molecule has 3 N–H and O–H groups in total. The molecule has 13 heteroatoms. The van der Waals surface area contributed by atoms with Crippen LogP contribution in [-0.2, 0) is 38.2 Å². The van der Waals surface area contributed by atoms with E-state index in [1.54, 1.807) is 30.4 Å². The molecule has 4 amide bonds. The number of carboxylic acid groups (broad SMARTS) is 1. The van der Waals surface area contributed by atoms with Gasteiger partial charge in [-0.05, 0) is 36.6 Å². The fourth-order valence-corrected chi connectivity index (χ4v) is 3.72. The van der Waals surface area contributed by atoms with Gasteiger partial charge < -0.3 is 30.0 Å². The van der Waals surface area contributed by atoms with E-state index >= 15 is 0 Å². The highest BCUT2D eigenvalue weighted by Crippen LogP contribution is 2.30. The van der Waals surface area contributed by atoms with Crippen LogP contribution in [0, 0.1) is 0 Å². The number of carboxylic acids is 1. The predicted molar refractivity (Wildman–Crippen MR) is 135 cm³/mol. The zero-order valence-corrected chi connectivity index (χ0v) is 21.2. The van der Waals surface area contributed by atoms with Crippen molar-refractivity contribution >= 4 is 47.3 Å². The van der Waals surface area contributed by atoms with Gasteiger partial charge in [0.1, 0.15) is 18.9 Å². The van der Waals surface area contributed by atoms with Gasteiger partial charge in [0.15, 0.2) is 6.10 Å². The number of hydrogen-bond acceptors (Lipinski definition) is 9. The Morgan fingerprint density at radius 2 is 1.87 bits per heavy atom. The number of esters is 1. The Balaban J connectivity index is 1.61. The van der Waals surface area contributed by atoms with E-state index in [4.69, 9.17) is 14.2 Å². The maximum Gasteiger partial charge on any atom is 0.332 e. The lowest BCUT2D eigenvalue weighted by Crippen LogP contribution is -2.41. The minimum atomic E-state index is -1.08. The van der Waals surface area contributed by atoms with Crippen molar-refractivity contribution in [1.29, 1.82) is 0 Å². The quantitative estimate of drug-likeness (QED) is 0.254. The fraction of sp³-hybridized carbons (Fsp3) is 0.385. The van der Waals surface area contributed by atoms with Crippen molar-refractivity contribution < 1.29 is 48.1 Å². The Labute approximate surface area is 223 Å². The number of carbonyl (C=O) groups excluding carboxylic acids is 5. The third kappa shape index (κ3) is 9.07. The Morgan fingerprint density at radius 1 is 1.13 bits per heavy atom. The van der Waals surface area contributed by atoms with Crippen LogP contribution in [-0.4, -0.2) is 77.7 Å². The standard InChI is InChI=1S/C26H29N3O10/c1-16(30)37-13-3-4-17-7-8-19(38-25-6-2-5-20(39-25)26(35)36)18(14-17)28-21(31)11-12-27-22(32)15-29-23(33)9-10-24(29)34/h3-4,7-10,14,20,25H,2,5-6,11-13,15H2,1H3,(H,27,32)(H,28,31)(H,35,36)/b4-3+. The van der Waals surface area contributed by atoms with Gasteiger partial charge in [0.2, 0.25) is 18.1 Å². The number of benzene rings is 1. The topological polar surface area (TPSA) is 178 Å². The summed E-state index contributed by atoms with van der Waals surface area (Å²) >= 11 is 0. The van der Waals surface area contributed by atoms with E-state index < -0.39 is 54.5 Å². The molecule has 0 aliphatic carbocycles. The van der Waals surface area contributed by atoms with Crippen molar-refractivity contribution in [2.24, 2.45) is 0 Å². The number of amides is 4. The van der Waals surface area contributed by atoms with Crippen molar-refractivity contribution in [1.82, 2.24) is 10.2 Å². The Bertz CT molecular complexity index is 1170. The van der Waals surface area contributed by atoms with Gasteiger partial charge in [0.25, 0.3) is 11.8 Å². The van der Waals surface area contributed by atoms with Crippen molar-refractivity contribution in [2.45, 2.75) is 45.0 Å². The summed E-state index contributed by atoms with van der Waals surface area (Å²) in [6.07, 6.45) is 4.91. The number of imide groups is 1. The van der Waals surface area contributed by atoms with Gasteiger partial charge >= 0.3 is 11.9 Å². The summed E-state index contributed by atoms with van der Waals surface area (Å²) in [5.41, 5.74) is 0.931. The number of nitrogens with one attached hydrogen (secondary N) is 2. The number of aliphatic carboxylic acids is 1. The maximum absolute atomic E-state index is 12.6. The summed E-state index contributed by atoms with van der Waals surface area (Å²) in [5, 5.41) is 14.4.